The SMILES string of the molecule is C=CCN(Cc1ccc(Cl)s1)C(=O)C1CNCCO1. The lowest BCUT2D eigenvalue weighted by molar-refractivity contribution is -0.145. The average Bonchev–Trinajstić information content (AvgIpc) is 2.84. The van der Waals surface area contributed by atoms with E-state index in [0.717, 1.165) is 15.8 Å². The Bertz CT molecular complexity index is 444. The number of thiophene rings is 1. The molecule has 1 atom stereocenters. The highest BCUT2D eigenvalue weighted by Gasteiger charge is 2.26. The molecule has 0 aliphatic carbocycles. The Morgan fingerprint density at radius 1 is 1.68 bits per heavy atom. The van der Waals surface area contributed by atoms with Crippen molar-refractivity contribution >= 4 is 28.8 Å². The number of nitrogens with zero attached hydrogens (tertiary/aromatic N) is 1. The van der Waals surface area contributed by atoms with Gasteiger partial charge in [-0.3, -0.25) is 4.79 Å². The Morgan fingerprint density at radius 2 is 2.53 bits per heavy atom. The predicted octanol–water partition coefficient (Wildman–Crippen LogP) is 1.90. The van der Waals surface area contributed by atoms with Crippen molar-refractivity contribution in [1.29, 1.82) is 0 Å². The Morgan fingerprint density at radius 3 is 3.11 bits per heavy atom. The molecular weight excluding hydrogens is 284 g/mol. The molecule has 0 aromatic carbocycles. The summed E-state index contributed by atoms with van der Waals surface area (Å²) in [5, 5.41) is 3.16. The monoisotopic (exact) mass is 300 g/mol. The minimum Gasteiger partial charge on any atom is -0.366 e. The molecule has 1 aliphatic rings. The van der Waals surface area contributed by atoms with Gasteiger partial charge in [0.2, 0.25) is 0 Å². The fraction of sp³-hybridized carbons (Fsp3) is 0.462. The molecule has 19 heavy (non-hydrogen) atoms. The molecule has 1 aromatic heterocycles. The van der Waals surface area contributed by atoms with Crippen LogP contribution in [0.15, 0.2) is 24.8 Å². The zero-order valence-electron chi connectivity index (χ0n) is 10.6. The van der Waals surface area contributed by atoms with Gasteiger partial charge < -0.3 is 15.0 Å². The largest absolute Gasteiger partial charge is 0.366 e. The highest BCUT2D eigenvalue weighted by Crippen LogP contribution is 2.23. The van der Waals surface area contributed by atoms with Crippen molar-refractivity contribution in [2.75, 3.05) is 26.2 Å². The molecule has 104 valence electrons. The topological polar surface area (TPSA) is 41.6 Å². The molecule has 0 saturated carbocycles. The molecule has 0 bridgehead atoms. The summed E-state index contributed by atoms with van der Waals surface area (Å²) in [6.45, 7) is 6.69. The minimum atomic E-state index is -0.399. The van der Waals surface area contributed by atoms with E-state index >= 15 is 0 Å². The summed E-state index contributed by atoms with van der Waals surface area (Å²) in [7, 11) is 0. The van der Waals surface area contributed by atoms with Crippen LogP contribution in [0.2, 0.25) is 4.34 Å². The maximum absolute atomic E-state index is 12.4. The van der Waals surface area contributed by atoms with E-state index in [4.69, 9.17) is 16.3 Å². The van der Waals surface area contributed by atoms with Gasteiger partial charge in [-0.1, -0.05) is 17.7 Å². The van der Waals surface area contributed by atoms with E-state index < -0.39 is 6.10 Å². The van der Waals surface area contributed by atoms with Gasteiger partial charge in [0.25, 0.3) is 5.91 Å². The number of rotatable bonds is 5. The first kappa shape index (κ1) is 14.5. The van der Waals surface area contributed by atoms with E-state index in [1.807, 2.05) is 12.1 Å². The van der Waals surface area contributed by atoms with Gasteiger partial charge in [-0.2, -0.15) is 0 Å². The Hall–Kier alpha value is -0.880. The predicted molar refractivity (Wildman–Crippen MR) is 77.6 cm³/mol. The van der Waals surface area contributed by atoms with Crippen LogP contribution in [0.3, 0.4) is 0 Å². The summed E-state index contributed by atoms with van der Waals surface area (Å²) < 4.78 is 6.23. The van der Waals surface area contributed by atoms with E-state index in [1.165, 1.54) is 11.3 Å². The molecule has 1 aliphatic heterocycles. The third kappa shape index (κ3) is 4.04. The first-order valence-electron chi connectivity index (χ1n) is 6.17. The highest BCUT2D eigenvalue weighted by molar-refractivity contribution is 7.16. The molecule has 1 unspecified atom stereocenters. The van der Waals surface area contributed by atoms with E-state index in [1.54, 1.807) is 11.0 Å². The van der Waals surface area contributed by atoms with Crippen LogP contribution >= 0.6 is 22.9 Å². The summed E-state index contributed by atoms with van der Waals surface area (Å²) in [5.41, 5.74) is 0. The number of hydrogen-bond acceptors (Lipinski definition) is 4. The molecule has 1 N–H and O–H groups in total. The number of ether oxygens (including phenoxy) is 1. The lowest BCUT2D eigenvalue weighted by Gasteiger charge is -2.28. The number of hydrogen-bond donors (Lipinski definition) is 1. The van der Waals surface area contributed by atoms with Gasteiger partial charge in [0.1, 0.15) is 6.10 Å². The smallest absolute Gasteiger partial charge is 0.253 e. The van der Waals surface area contributed by atoms with Crippen molar-refractivity contribution in [3.8, 4) is 0 Å². The number of nitrogens with one attached hydrogen (secondary N) is 1. The van der Waals surface area contributed by atoms with Crippen molar-refractivity contribution in [2.24, 2.45) is 0 Å². The second-order valence-corrected chi connectivity index (χ2v) is 6.08. The summed E-state index contributed by atoms with van der Waals surface area (Å²) in [4.78, 5) is 15.2. The fourth-order valence-corrected chi connectivity index (χ4v) is 3.04. The van der Waals surface area contributed by atoms with Crippen LogP contribution < -0.4 is 5.32 Å². The van der Waals surface area contributed by atoms with Crippen molar-refractivity contribution in [1.82, 2.24) is 10.2 Å². The number of amides is 1. The van der Waals surface area contributed by atoms with Crippen LogP contribution in [-0.2, 0) is 16.1 Å². The Kier molecular flexibility index (Phi) is 5.39. The van der Waals surface area contributed by atoms with Gasteiger partial charge in [0.15, 0.2) is 0 Å². The lowest BCUT2D eigenvalue weighted by Crippen LogP contribution is -2.49. The maximum Gasteiger partial charge on any atom is 0.253 e. The van der Waals surface area contributed by atoms with Crippen molar-refractivity contribution in [2.45, 2.75) is 12.6 Å². The van der Waals surface area contributed by atoms with Gasteiger partial charge in [0.05, 0.1) is 17.5 Å². The van der Waals surface area contributed by atoms with E-state index in [0.29, 0.717) is 26.2 Å². The van der Waals surface area contributed by atoms with Gasteiger partial charge in [-0.05, 0) is 12.1 Å². The fourth-order valence-electron chi connectivity index (χ4n) is 1.94. The normalized spacial score (nSPS) is 19.1. The lowest BCUT2D eigenvalue weighted by atomic mass is 10.2. The molecule has 6 heteroatoms. The van der Waals surface area contributed by atoms with Crippen LogP contribution in [0.1, 0.15) is 4.88 Å². The minimum absolute atomic E-state index is 0.00313. The second kappa shape index (κ2) is 7.05. The number of halogens is 1. The van der Waals surface area contributed by atoms with Gasteiger partial charge >= 0.3 is 0 Å². The van der Waals surface area contributed by atoms with Crippen LogP contribution in [0.25, 0.3) is 0 Å². The summed E-state index contributed by atoms with van der Waals surface area (Å²) in [6, 6.07) is 3.78. The molecule has 2 rings (SSSR count). The Labute approximate surface area is 122 Å². The van der Waals surface area contributed by atoms with E-state index in [2.05, 4.69) is 11.9 Å². The Balaban J connectivity index is 2.01. The third-order valence-electron chi connectivity index (χ3n) is 2.84. The van der Waals surface area contributed by atoms with Crippen LogP contribution in [0.5, 0.6) is 0 Å². The zero-order valence-corrected chi connectivity index (χ0v) is 12.2. The molecule has 2 heterocycles. The third-order valence-corrected chi connectivity index (χ3v) is 4.06. The zero-order chi connectivity index (χ0) is 13.7. The van der Waals surface area contributed by atoms with E-state index in [9.17, 15) is 4.79 Å². The molecule has 0 radical (unpaired) electrons. The first-order valence-corrected chi connectivity index (χ1v) is 7.36. The summed E-state index contributed by atoms with van der Waals surface area (Å²) in [6.07, 6.45) is 1.33. The maximum atomic E-state index is 12.4. The van der Waals surface area contributed by atoms with Crippen LogP contribution in [0.4, 0.5) is 0 Å². The highest BCUT2D eigenvalue weighted by atomic mass is 35.5. The molecule has 1 saturated heterocycles. The number of carbonyl (C=O) groups is 1. The van der Waals surface area contributed by atoms with Gasteiger partial charge in [-0.15, -0.1) is 17.9 Å². The van der Waals surface area contributed by atoms with Crippen molar-refractivity contribution in [3.63, 3.8) is 0 Å². The summed E-state index contributed by atoms with van der Waals surface area (Å²) >= 11 is 7.40. The van der Waals surface area contributed by atoms with Gasteiger partial charge in [0, 0.05) is 24.5 Å². The van der Waals surface area contributed by atoms with Crippen LogP contribution in [0, 0.1) is 0 Å². The summed E-state index contributed by atoms with van der Waals surface area (Å²) in [5.74, 6) is -0.00313. The molecule has 1 aromatic rings. The standard InChI is InChI=1S/C13H17ClN2O2S/c1-2-6-16(9-10-3-4-12(14)19-10)13(17)11-8-15-5-7-18-11/h2-4,11,15H,1,5-9H2. The average molecular weight is 301 g/mol. The van der Waals surface area contributed by atoms with Crippen molar-refractivity contribution in [3.05, 3.63) is 34.0 Å². The molecular formula is C13H17ClN2O2S. The number of morpholine rings is 1. The first-order chi connectivity index (χ1) is 9.20. The van der Waals surface area contributed by atoms with Crippen LogP contribution in [-0.4, -0.2) is 43.2 Å². The second-order valence-electron chi connectivity index (χ2n) is 4.28. The van der Waals surface area contributed by atoms with Crippen molar-refractivity contribution < 1.29 is 9.53 Å². The van der Waals surface area contributed by atoms with E-state index in [-0.39, 0.29) is 5.91 Å². The molecule has 4 nitrogen and oxygen atoms in total. The molecule has 0 spiro atoms. The molecule has 1 fully saturated rings. The molecule has 1 amide bonds. The number of carbonyl (C=O) groups excluding carboxylic acids is 1. The quantitative estimate of drug-likeness (QED) is 0.845. The van der Waals surface area contributed by atoms with Gasteiger partial charge in [-0.25, -0.2) is 0 Å².